The molecule has 2 N–H and O–H groups in total. The summed E-state index contributed by atoms with van der Waals surface area (Å²) in [7, 11) is 0. The number of nitrogens with zero attached hydrogens (tertiary/aromatic N) is 1. The molecule has 1 unspecified atom stereocenters. The molecule has 0 amide bonds. The molecule has 4 heteroatoms. The molecule has 0 bridgehead atoms. The van der Waals surface area contributed by atoms with Crippen LogP contribution in [0.15, 0.2) is 0 Å². The van der Waals surface area contributed by atoms with Gasteiger partial charge >= 0.3 is 0 Å². The Labute approximate surface area is 128 Å². The number of thiocarbonyl (C=S) groups is 1. The summed E-state index contributed by atoms with van der Waals surface area (Å²) >= 11 is 5.15. The van der Waals surface area contributed by atoms with Crippen LogP contribution in [0.1, 0.15) is 57.8 Å². The van der Waals surface area contributed by atoms with E-state index in [1.807, 2.05) is 0 Å². The molecule has 0 radical (unpaired) electrons. The third-order valence-electron chi connectivity index (χ3n) is 5.68. The van der Waals surface area contributed by atoms with Crippen molar-refractivity contribution in [1.29, 1.82) is 0 Å². The van der Waals surface area contributed by atoms with Gasteiger partial charge in [0.05, 0.1) is 10.6 Å². The van der Waals surface area contributed by atoms with Gasteiger partial charge in [0.25, 0.3) is 0 Å². The van der Waals surface area contributed by atoms with Crippen LogP contribution in [-0.2, 0) is 4.74 Å². The van der Waals surface area contributed by atoms with Crippen LogP contribution in [0, 0.1) is 5.92 Å². The highest BCUT2D eigenvalue weighted by Crippen LogP contribution is 2.40. The first-order valence-electron chi connectivity index (χ1n) is 8.36. The molecule has 3 fully saturated rings. The smallest absolute Gasteiger partial charge is 0.0759 e. The minimum absolute atomic E-state index is 0.223. The van der Waals surface area contributed by atoms with Gasteiger partial charge in [-0.3, -0.25) is 0 Å². The maximum atomic E-state index is 6.22. The Kier molecular flexibility index (Phi) is 4.63. The van der Waals surface area contributed by atoms with Crippen LogP contribution < -0.4 is 5.73 Å². The molecule has 1 saturated carbocycles. The minimum Gasteiger partial charge on any atom is -0.393 e. The third-order valence-corrected chi connectivity index (χ3v) is 6.01. The summed E-state index contributed by atoms with van der Waals surface area (Å²) in [6.07, 6.45) is 11.4. The Morgan fingerprint density at radius 3 is 2.45 bits per heavy atom. The number of hydrogen-bond donors (Lipinski definition) is 1. The summed E-state index contributed by atoms with van der Waals surface area (Å²) in [5.41, 5.74) is 6.02. The highest BCUT2D eigenvalue weighted by molar-refractivity contribution is 7.80. The second kappa shape index (κ2) is 6.29. The highest BCUT2D eigenvalue weighted by atomic mass is 32.1. The van der Waals surface area contributed by atoms with Crippen molar-refractivity contribution in [3.8, 4) is 0 Å². The summed E-state index contributed by atoms with van der Waals surface area (Å²) in [5.74, 6) is 0.477. The average molecular weight is 296 g/mol. The zero-order valence-corrected chi connectivity index (χ0v) is 13.3. The maximum absolute atomic E-state index is 6.22. The van der Waals surface area contributed by atoms with Gasteiger partial charge in [0, 0.05) is 18.6 Å². The Hall–Kier alpha value is -0.190. The molecule has 114 valence electrons. The van der Waals surface area contributed by atoms with Crippen molar-refractivity contribution in [3.05, 3.63) is 0 Å². The Morgan fingerprint density at radius 2 is 1.80 bits per heavy atom. The van der Waals surface area contributed by atoms with Gasteiger partial charge in [-0.25, -0.2) is 0 Å². The molecule has 20 heavy (non-hydrogen) atoms. The molecule has 3 rings (SSSR count). The summed E-state index contributed by atoms with van der Waals surface area (Å²) in [6.45, 7) is 3.30. The van der Waals surface area contributed by atoms with E-state index in [-0.39, 0.29) is 5.60 Å². The van der Waals surface area contributed by atoms with Crippen molar-refractivity contribution in [3.63, 3.8) is 0 Å². The number of hydrogen-bond acceptors (Lipinski definition) is 3. The Bertz CT molecular complexity index is 341. The first-order chi connectivity index (χ1) is 9.69. The van der Waals surface area contributed by atoms with Crippen molar-refractivity contribution in [2.75, 3.05) is 19.7 Å². The monoisotopic (exact) mass is 296 g/mol. The standard InChI is InChI=1S/C16H28N2OS/c17-15(20)13-4-9-18(10-5-13)14-6-11-19-16(12-14)7-2-1-3-8-16/h13-14H,1-12H2,(H2,17,20). The molecule has 0 aromatic rings. The lowest BCUT2D eigenvalue weighted by molar-refractivity contribution is -0.126. The Balaban J connectivity index is 1.56. The van der Waals surface area contributed by atoms with E-state index in [1.165, 1.54) is 58.0 Å². The molecule has 1 aliphatic carbocycles. The van der Waals surface area contributed by atoms with E-state index in [1.54, 1.807) is 0 Å². The lowest BCUT2D eigenvalue weighted by Gasteiger charge is -2.48. The summed E-state index contributed by atoms with van der Waals surface area (Å²) < 4.78 is 6.22. The van der Waals surface area contributed by atoms with Gasteiger partial charge < -0.3 is 15.4 Å². The van der Waals surface area contributed by atoms with Gasteiger partial charge in [0.15, 0.2) is 0 Å². The highest BCUT2D eigenvalue weighted by Gasteiger charge is 2.40. The topological polar surface area (TPSA) is 38.5 Å². The molecule has 3 nitrogen and oxygen atoms in total. The van der Waals surface area contributed by atoms with Crippen LogP contribution in [-0.4, -0.2) is 41.2 Å². The molecular formula is C16H28N2OS. The first kappa shape index (κ1) is 14.7. The summed E-state index contributed by atoms with van der Waals surface area (Å²) in [6, 6.07) is 0.731. The van der Waals surface area contributed by atoms with E-state index in [0.717, 1.165) is 30.5 Å². The fourth-order valence-electron chi connectivity index (χ4n) is 4.41. The SMILES string of the molecule is NC(=S)C1CCN(C2CCOC3(CCCCC3)C2)CC1. The number of ether oxygens (including phenoxy) is 1. The van der Waals surface area contributed by atoms with E-state index in [2.05, 4.69) is 4.90 Å². The molecule has 0 aromatic heterocycles. The van der Waals surface area contributed by atoms with Crippen LogP contribution in [0.5, 0.6) is 0 Å². The van der Waals surface area contributed by atoms with Crippen LogP contribution in [0.2, 0.25) is 0 Å². The normalized spacial score (nSPS) is 32.3. The molecule has 2 saturated heterocycles. The van der Waals surface area contributed by atoms with Crippen LogP contribution in [0.25, 0.3) is 0 Å². The molecule has 1 atom stereocenters. The quantitative estimate of drug-likeness (QED) is 0.795. The molecule has 3 aliphatic rings. The van der Waals surface area contributed by atoms with Crippen molar-refractivity contribution >= 4 is 17.2 Å². The minimum atomic E-state index is 0.223. The fourth-order valence-corrected chi connectivity index (χ4v) is 4.64. The van der Waals surface area contributed by atoms with Crippen LogP contribution >= 0.6 is 12.2 Å². The second-order valence-electron chi connectivity index (χ2n) is 6.95. The van der Waals surface area contributed by atoms with E-state index in [4.69, 9.17) is 22.7 Å². The molecular weight excluding hydrogens is 268 g/mol. The lowest BCUT2D eigenvalue weighted by Crippen LogP contribution is -2.52. The number of piperidine rings is 1. The predicted molar refractivity (Wildman–Crippen MR) is 85.9 cm³/mol. The van der Waals surface area contributed by atoms with E-state index >= 15 is 0 Å². The summed E-state index contributed by atoms with van der Waals surface area (Å²) in [5, 5.41) is 0. The van der Waals surface area contributed by atoms with E-state index in [9.17, 15) is 0 Å². The lowest BCUT2D eigenvalue weighted by atomic mass is 9.77. The summed E-state index contributed by atoms with van der Waals surface area (Å²) in [4.78, 5) is 3.41. The van der Waals surface area contributed by atoms with Crippen molar-refractivity contribution < 1.29 is 4.74 Å². The van der Waals surface area contributed by atoms with Crippen molar-refractivity contribution in [2.45, 2.75) is 69.4 Å². The maximum Gasteiger partial charge on any atom is 0.0759 e. The van der Waals surface area contributed by atoms with E-state index < -0.39 is 0 Å². The zero-order valence-electron chi connectivity index (χ0n) is 12.5. The number of likely N-dealkylation sites (tertiary alicyclic amines) is 1. The van der Waals surface area contributed by atoms with Gasteiger partial charge in [0.2, 0.25) is 0 Å². The van der Waals surface area contributed by atoms with Gasteiger partial charge in [-0.2, -0.15) is 0 Å². The number of rotatable bonds is 2. The average Bonchev–Trinajstić information content (AvgIpc) is 2.48. The van der Waals surface area contributed by atoms with Gasteiger partial charge in [0.1, 0.15) is 0 Å². The second-order valence-corrected chi connectivity index (χ2v) is 7.42. The van der Waals surface area contributed by atoms with Gasteiger partial charge in [-0.15, -0.1) is 0 Å². The number of nitrogens with two attached hydrogens (primary N) is 1. The van der Waals surface area contributed by atoms with Gasteiger partial charge in [-0.1, -0.05) is 31.5 Å². The van der Waals surface area contributed by atoms with Gasteiger partial charge in [-0.05, 0) is 51.6 Å². The molecule has 1 spiro atoms. The predicted octanol–water partition coefficient (Wildman–Crippen LogP) is 2.87. The zero-order chi connectivity index (χ0) is 14.0. The largest absolute Gasteiger partial charge is 0.393 e. The fraction of sp³-hybridized carbons (Fsp3) is 0.938. The van der Waals surface area contributed by atoms with Crippen LogP contribution in [0.3, 0.4) is 0 Å². The van der Waals surface area contributed by atoms with Crippen molar-refractivity contribution in [1.82, 2.24) is 4.90 Å². The Morgan fingerprint density at radius 1 is 1.10 bits per heavy atom. The molecule has 2 aliphatic heterocycles. The third kappa shape index (κ3) is 3.18. The van der Waals surface area contributed by atoms with Crippen molar-refractivity contribution in [2.24, 2.45) is 11.7 Å². The molecule has 2 heterocycles. The first-order valence-corrected chi connectivity index (χ1v) is 8.77. The molecule has 0 aromatic carbocycles. The van der Waals surface area contributed by atoms with E-state index in [0.29, 0.717) is 5.92 Å². The van der Waals surface area contributed by atoms with Crippen LogP contribution in [0.4, 0.5) is 0 Å².